The van der Waals surface area contributed by atoms with Gasteiger partial charge < -0.3 is 14.8 Å². The largest absolute Gasteiger partial charge is 0.493 e. The number of amides is 2. The molecule has 0 spiro atoms. The van der Waals surface area contributed by atoms with Crippen LogP contribution in [0, 0.1) is 0 Å². The minimum absolute atomic E-state index is 0.381. The van der Waals surface area contributed by atoms with Crippen molar-refractivity contribution in [2.24, 2.45) is 0 Å². The van der Waals surface area contributed by atoms with Crippen molar-refractivity contribution in [3.63, 3.8) is 0 Å². The van der Waals surface area contributed by atoms with Gasteiger partial charge in [0, 0.05) is 17.5 Å². The first-order valence-corrected chi connectivity index (χ1v) is 7.02. The molecule has 6 nitrogen and oxygen atoms in total. The van der Waals surface area contributed by atoms with E-state index in [1.54, 1.807) is 37.4 Å². The summed E-state index contributed by atoms with van der Waals surface area (Å²) < 4.78 is 10.4. The molecule has 0 saturated heterocycles. The van der Waals surface area contributed by atoms with Gasteiger partial charge in [0.2, 0.25) is 0 Å². The standard InChI is InChI=1S/C16H16ClN3O3/c1-10(11-4-6-13(22-2)14(8-11)23-3)19-16(21)20-15-7-5-12(17)9-18-15/h4-9H,1H2,2-3H3,(H2,18,19,20,21). The molecule has 2 amide bonds. The molecule has 0 saturated carbocycles. The number of pyridine rings is 1. The van der Waals surface area contributed by atoms with Crippen LogP contribution in [0.2, 0.25) is 5.02 Å². The number of rotatable bonds is 5. The third kappa shape index (κ3) is 4.37. The molecule has 2 rings (SSSR count). The molecular weight excluding hydrogens is 318 g/mol. The van der Waals surface area contributed by atoms with Crippen molar-refractivity contribution in [2.45, 2.75) is 0 Å². The summed E-state index contributed by atoms with van der Waals surface area (Å²) in [6.07, 6.45) is 1.44. The second kappa shape index (κ2) is 7.51. The third-order valence-corrected chi connectivity index (χ3v) is 3.19. The van der Waals surface area contributed by atoms with Crippen molar-refractivity contribution in [3.8, 4) is 11.5 Å². The number of carbonyl (C=O) groups excluding carboxylic acids is 1. The molecule has 0 radical (unpaired) electrons. The van der Waals surface area contributed by atoms with Crippen LogP contribution < -0.4 is 20.1 Å². The lowest BCUT2D eigenvalue weighted by Crippen LogP contribution is -2.27. The maximum atomic E-state index is 11.9. The minimum Gasteiger partial charge on any atom is -0.493 e. The van der Waals surface area contributed by atoms with Crippen LogP contribution in [0.5, 0.6) is 11.5 Å². The Morgan fingerprint density at radius 2 is 1.91 bits per heavy atom. The van der Waals surface area contributed by atoms with Gasteiger partial charge in [-0.2, -0.15) is 0 Å². The van der Waals surface area contributed by atoms with Gasteiger partial charge in [0.05, 0.1) is 19.2 Å². The fraction of sp³-hybridized carbons (Fsp3) is 0.125. The maximum absolute atomic E-state index is 11.9. The Morgan fingerprint density at radius 1 is 1.17 bits per heavy atom. The molecular formula is C16H16ClN3O3. The molecule has 0 unspecified atom stereocenters. The minimum atomic E-state index is -0.459. The van der Waals surface area contributed by atoms with Crippen LogP contribution in [-0.2, 0) is 0 Å². The summed E-state index contributed by atoms with van der Waals surface area (Å²) in [5, 5.41) is 5.71. The fourth-order valence-corrected chi connectivity index (χ4v) is 1.94. The summed E-state index contributed by atoms with van der Waals surface area (Å²) in [5.74, 6) is 1.53. The molecule has 0 fully saturated rings. The van der Waals surface area contributed by atoms with E-state index < -0.39 is 6.03 Å². The SMILES string of the molecule is C=C(NC(=O)Nc1ccc(Cl)cn1)c1ccc(OC)c(OC)c1. The second-order valence-electron chi connectivity index (χ2n) is 4.49. The molecule has 0 aliphatic rings. The number of halogens is 1. The van der Waals surface area contributed by atoms with Gasteiger partial charge in [0.25, 0.3) is 0 Å². The highest BCUT2D eigenvalue weighted by Crippen LogP contribution is 2.29. The van der Waals surface area contributed by atoms with E-state index in [0.717, 1.165) is 0 Å². The average molecular weight is 334 g/mol. The molecule has 1 aromatic heterocycles. The van der Waals surface area contributed by atoms with E-state index in [2.05, 4.69) is 22.2 Å². The Labute approximate surface area is 139 Å². The monoisotopic (exact) mass is 333 g/mol. The van der Waals surface area contributed by atoms with E-state index in [1.807, 2.05) is 0 Å². The number of hydrogen-bond acceptors (Lipinski definition) is 4. The maximum Gasteiger partial charge on any atom is 0.324 e. The highest BCUT2D eigenvalue weighted by molar-refractivity contribution is 6.30. The van der Waals surface area contributed by atoms with E-state index in [-0.39, 0.29) is 0 Å². The van der Waals surface area contributed by atoms with E-state index in [0.29, 0.717) is 33.6 Å². The van der Waals surface area contributed by atoms with Crippen molar-refractivity contribution in [3.05, 3.63) is 53.7 Å². The molecule has 120 valence electrons. The first kappa shape index (κ1) is 16.6. The Morgan fingerprint density at radius 3 is 2.52 bits per heavy atom. The summed E-state index contributed by atoms with van der Waals surface area (Å²) >= 11 is 5.74. The van der Waals surface area contributed by atoms with Gasteiger partial charge in [-0.05, 0) is 30.3 Å². The van der Waals surface area contributed by atoms with E-state index in [9.17, 15) is 4.79 Å². The summed E-state index contributed by atoms with van der Waals surface area (Å²) in [6.45, 7) is 3.84. The molecule has 2 aromatic rings. The molecule has 23 heavy (non-hydrogen) atoms. The van der Waals surface area contributed by atoms with Crippen molar-refractivity contribution in [1.82, 2.24) is 10.3 Å². The first-order valence-electron chi connectivity index (χ1n) is 6.64. The van der Waals surface area contributed by atoms with Gasteiger partial charge in [-0.15, -0.1) is 0 Å². The van der Waals surface area contributed by atoms with Gasteiger partial charge in [0.1, 0.15) is 5.82 Å². The van der Waals surface area contributed by atoms with Crippen LogP contribution in [-0.4, -0.2) is 25.2 Å². The zero-order valence-corrected chi connectivity index (χ0v) is 13.5. The van der Waals surface area contributed by atoms with Crippen LogP contribution in [0.15, 0.2) is 43.1 Å². The third-order valence-electron chi connectivity index (χ3n) is 2.97. The summed E-state index contributed by atoms with van der Waals surface area (Å²) in [6, 6.07) is 8.00. The van der Waals surface area contributed by atoms with Crippen LogP contribution >= 0.6 is 11.6 Å². The topological polar surface area (TPSA) is 72.5 Å². The van der Waals surface area contributed by atoms with E-state index in [4.69, 9.17) is 21.1 Å². The Bertz CT molecular complexity index is 717. The van der Waals surface area contributed by atoms with Gasteiger partial charge in [-0.1, -0.05) is 18.2 Å². The summed E-state index contributed by atoms with van der Waals surface area (Å²) in [5.41, 5.74) is 1.11. The number of methoxy groups -OCH3 is 2. The Kier molecular flexibility index (Phi) is 5.43. The molecule has 7 heteroatoms. The summed E-state index contributed by atoms with van der Waals surface area (Å²) in [4.78, 5) is 15.9. The Hall–Kier alpha value is -2.73. The number of urea groups is 1. The number of anilines is 1. The number of nitrogens with one attached hydrogen (secondary N) is 2. The Balaban J connectivity index is 2.03. The quantitative estimate of drug-likeness (QED) is 0.877. The van der Waals surface area contributed by atoms with Crippen LogP contribution in [0.4, 0.5) is 10.6 Å². The number of ether oxygens (including phenoxy) is 2. The smallest absolute Gasteiger partial charge is 0.324 e. The predicted octanol–water partition coefficient (Wildman–Crippen LogP) is 3.54. The predicted molar refractivity (Wildman–Crippen MR) is 90.0 cm³/mol. The first-order chi connectivity index (χ1) is 11.0. The molecule has 0 atom stereocenters. The van der Waals surface area contributed by atoms with Crippen LogP contribution in [0.3, 0.4) is 0 Å². The van der Waals surface area contributed by atoms with Crippen molar-refractivity contribution >= 4 is 29.1 Å². The van der Waals surface area contributed by atoms with Crippen LogP contribution in [0.1, 0.15) is 5.56 Å². The second-order valence-corrected chi connectivity index (χ2v) is 4.93. The highest BCUT2D eigenvalue weighted by Gasteiger charge is 2.09. The van der Waals surface area contributed by atoms with Gasteiger partial charge in [0.15, 0.2) is 11.5 Å². The van der Waals surface area contributed by atoms with Crippen molar-refractivity contribution in [1.29, 1.82) is 0 Å². The number of aromatic nitrogens is 1. The fourth-order valence-electron chi connectivity index (χ4n) is 1.83. The van der Waals surface area contributed by atoms with Gasteiger partial charge >= 0.3 is 6.03 Å². The van der Waals surface area contributed by atoms with E-state index >= 15 is 0 Å². The zero-order chi connectivity index (χ0) is 16.8. The van der Waals surface area contributed by atoms with Gasteiger partial charge in [-0.3, -0.25) is 5.32 Å². The molecule has 2 N–H and O–H groups in total. The normalized spacial score (nSPS) is 9.87. The number of nitrogens with zero attached hydrogens (tertiary/aromatic N) is 1. The highest BCUT2D eigenvalue weighted by atomic mass is 35.5. The molecule has 0 bridgehead atoms. The average Bonchev–Trinajstić information content (AvgIpc) is 2.56. The van der Waals surface area contributed by atoms with Crippen molar-refractivity contribution in [2.75, 3.05) is 19.5 Å². The lowest BCUT2D eigenvalue weighted by molar-refractivity contribution is 0.255. The number of hydrogen-bond donors (Lipinski definition) is 2. The van der Waals surface area contributed by atoms with Crippen LogP contribution in [0.25, 0.3) is 5.70 Å². The molecule has 0 aliphatic carbocycles. The molecule has 1 aromatic carbocycles. The lowest BCUT2D eigenvalue weighted by Gasteiger charge is -2.12. The number of benzene rings is 1. The zero-order valence-electron chi connectivity index (χ0n) is 12.7. The number of carbonyl (C=O) groups is 1. The lowest BCUT2D eigenvalue weighted by atomic mass is 10.1. The van der Waals surface area contributed by atoms with Crippen molar-refractivity contribution < 1.29 is 14.3 Å². The van der Waals surface area contributed by atoms with Gasteiger partial charge in [-0.25, -0.2) is 9.78 Å². The molecule has 1 heterocycles. The van der Waals surface area contributed by atoms with E-state index in [1.165, 1.54) is 13.3 Å². The molecule has 0 aliphatic heterocycles. The summed E-state index contributed by atoms with van der Waals surface area (Å²) in [7, 11) is 3.09.